The molecule has 0 bridgehead atoms. The van der Waals surface area contributed by atoms with Crippen LogP contribution in [-0.2, 0) is 4.79 Å². The van der Waals surface area contributed by atoms with Crippen LogP contribution in [0.2, 0.25) is 0 Å². The van der Waals surface area contributed by atoms with Crippen molar-refractivity contribution in [1.29, 1.82) is 0 Å². The Balaban J connectivity index is 1.82. The Morgan fingerprint density at radius 2 is 2.00 bits per heavy atom. The third kappa shape index (κ3) is 2.66. The van der Waals surface area contributed by atoms with Gasteiger partial charge in [0.15, 0.2) is 0 Å². The number of amides is 1. The van der Waals surface area contributed by atoms with Crippen molar-refractivity contribution in [3.63, 3.8) is 0 Å². The molecular formula is C16H17BrFNO. The molecule has 2 aliphatic rings. The van der Waals surface area contributed by atoms with E-state index in [1.165, 1.54) is 6.07 Å². The number of hydrogen-bond acceptors (Lipinski definition) is 1. The second kappa shape index (κ2) is 5.68. The predicted molar refractivity (Wildman–Crippen MR) is 79.7 cm³/mol. The molecule has 20 heavy (non-hydrogen) atoms. The van der Waals surface area contributed by atoms with Crippen molar-refractivity contribution in [3.05, 3.63) is 46.2 Å². The highest BCUT2D eigenvalue weighted by molar-refractivity contribution is 9.10. The minimum Gasteiger partial charge on any atom is -0.335 e. The van der Waals surface area contributed by atoms with Gasteiger partial charge in [-0.05, 0) is 49.4 Å². The zero-order chi connectivity index (χ0) is 14.1. The van der Waals surface area contributed by atoms with E-state index in [0.717, 1.165) is 42.3 Å². The van der Waals surface area contributed by atoms with E-state index >= 15 is 0 Å². The first-order chi connectivity index (χ1) is 9.65. The van der Waals surface area contributed by atoms with Crippen LogP contribution in [0.25, 0.3) is 0 Å². The van der Waals surface area contributed by atoms with E-state index in [1.807, 2.05) is 11.0 Å². The summed E-state index contributed by atoms with van der Waals surface area (Å²) in [4.78, 5) is 14.5. The summed E-state index contributed by atoms with van der Waals surface area (Å²) in [5.41, 5.74) is 0.897. The van der Waals surface area contributed by atoms with Crippen molar-refractivity contribution >= 4 is 21.8 Å². The normalized spacial score (nSPS) is 22.7. The summed E-state index contributed by atoms with van der Waals surface area (Å²) in [7, 11) is 0. The van der Waals surface area contributed by atoms with Crippen LogP contribution in [0, 0.1) is 11.7 Å². The molecule has 1 aromatic rings. The highest BCUT2D eigenvalue weighted by Crippen LogP contribution is 2.36. The van der Waals surface area contributed by atoms with Gasteiger partial charge in [0.2, 0.25) is 5.91 Å². The smallest absolute Gasteiger partial charge is 0.226 e. The lowest BCUT2D eigenvalue weighted by molar-refractivity contribution is -0.136. The van der Waals surface area contributed by atoms with Crippen LogP contribution in [0.1, 0.15) is 37.3 Å². The van der Waals surface area contributed by atoms with Crippen molar-refractivity contribution in [3.8, 4) is 0 Å². The van der Waals surface area contributed by atoms with E-state index in [1.54, 1.807) is 6.07 Å². The van der Waals surface area contributed by atoms with Gasteiger partial charge in [0, 0.05) is 16.9 Å². The third-order valence-electron chi connectivity index (χ3n) is 4.16. The molecule has 1 saturated heterocycles. The Bertz CT molecular complexity index is 529. The van der Waals surface area contributed by atoms with Crippen molar-refractivity contribution in [2.24, 2.45) is 5.92 Å². The van der Waals surface area contributed by atoms with Gasteiger partial charge in [-0.25, -0.2) is 4.39 Å². The Hall–Kier alpha value is -1.16. The molecule has 1 fully saturated rings. The van der Waals surface area contributed by atoms with Crippen LogP contribution in [0.5, 0.6) is 0 Å². The SMILES string of the molecule is O=C(C1CC=CC1)N1CCC[C@H]1c1cc(F)cc(Br)c1. The lowest BCUT2D eigenvalue weighted by Gasteiger charge is -2.28. The van der Waals surface area contributed by atoms with Gasteiger partial charge in [0.25, 0.3) is 0 Å². The molecule has 106 valence electrons. The molecule has 0 radical (unpaired) electrons. The van der Waals surface area contributed by atoms with Crippen molar-refractivity contribution in [1.82, 2.24) is 4.90 Å². The van der Waals surface area contributed by atoms with Gasteiger partial charge in [0.05, 0.1) is 6.04 Å². The fourth-order valence-electron chi connectivity index (χ4n) is 3.20. The second-order valence-electron chi connectivity index (χ2n) is 5.53. The number of halogens is 2. The molecule has 4 heteroatoms. The highest BCUT2D eigenvalue weighted by Gasteiger charge is 2.34. The number of carbonyl (C=O) groups is 1. The molecule has 2 nitrogen and oxygen atoms in total. The van der Waals surface area contributed by atoms with Crippen LogP contribution >= 0.6 is 15.9 Å². The standard InChI is InChI=1S/C16H17BrFNO/c17-13-8-12(9-14(18)10-13)15-6-3-7-19(15)16(20)11-4-1-2-5-11/h1-2,8-11,15H,3-7H2/t15-/m0/s1. The number of hydrogen-bond donors (Lipinski definition) is 0. The molecule has 0 N–H and O–H groups in total. The van der Waals surface area contributed by atoms with Gasteiger partial charge in [-0.1, -0.05) is 28.1 Å². The minimum absolute atomic E-state index is 0.0232. The van der Waals surface area contributed by atoms with E-state index in [0.29, 0.717) is 0 Å². The summed E-state index contributed by atoms with van der Waals surface area (Å²) in [6.45, 7) is 0.786. The molecule has 0 saturated carbocycles. The highest BCUT2D eigenvalue weighted by atomic mass is 79.9. The summed E-state index contributed by atoms with van der Waals surface area (Å²) in [6, 6.07) is 4.95. The first kappa shape index (κ1) is 13.8. The molecule has 1 aliphatic heterocycles. The lowest BCUT2D eigenvalue weighted by Crippen LogP contribution is -2.35. The maximum Gasteiger partial charge on any atom is 0.226 e. The Labute approximate surface area is 126 Å². The lowest BCUT2D eigenvalue weighted by atomic mass is 10.0. The number of allylic oxidation sites excluding steroid dienone is 2. The second-order valence-corrected chi connectivity index (χ2v) is 6.45. The molecule has 0 unspecified atom stereocenters. The number of likely N-dealkylation sites (tertiary alicyclic amines) is 1. The van der Waals surface area contributed by atoms with Gasteiger partial charge < -0.3 is 4.90 Å². The number of rotatable bonds is 2. The summed E-state index contributed by atoms with van der Waals surface area (Å²) < 4.78 is 14.3. The summed E-state index contributed by atoms with van der Waals surface area (Å²) >= 11 is 3.33. The van der Waals surface area contributed by atoms with Crippen LogP contribution in [0.15, 0.2) is 34.8 Å². The topological polar surface area (TPSA) is 20.3 Å². The van der Waals surface area contributed by atoms with E-state index in [4.69, 9.17) is 0 Å². The van der Waals surface area contributed by atoms with Crippen molar-refractivity contribution in [2.45, 2.75) is 31.7 Å². The average molecular weight is 338 g/mol. The molecular weight excluding hydrogens is 321 g/mol. The average Bonchev–Trinajstić information content (AvgIpc) is 3.08. The maximum absolute atomic E-state index is 13.6. The monoisotopic (exact) mass is 337 g/mol. The van der Waals surface area contributed by atoms with E-state index in [2.05, 4.69) is 28.1 Å². The molecule has 1 atom stereocenters. The summed E-state index contributed by atoms with van der Waals surface area (Å²) in [5.74, 6) is 0.0571. The van der Waals surface area contributed by atoms with Crippen LogP contribution in [-0.4, -0.2) is 17.4 Å². The molecule has 1 amide bonds. The zero-order valence-electron chi connectivity index (χ0n) is 11.2. The fourth-order valence-corrected chi connectivity index (χ4v) is 3.68. The predicted octanol–water partition coefficient (Wildman–Crippen LogP) is 4.22. The Kier molecular flexibility index (Phi) is 3.92. The van der Waals surface area contributed by atoms with Crippen molar-refractivity contribution in [2.75, 3.05) is 6.54 Å². The van der Waals surface area contributed by atoms with Gasteiger partial charge in [-0.15, -0.1) is 0 Å². The number of carbonyl (C=O) groups excluding carboxylic acids is 1. The first-order valence-corrected chi connectivity index (χ1v) is 7.86. The zero-order valence-corrected chi connectivity index (χ0v) is 12.8. The Morgan fingerprint density at radius 1 is 1.25 bits per heavy atom. The minimum atomic E-state index is -0.254. The summed E-state index contributed by atoms with van der Waals surface area (Å²) in [5, 5.41) is 0. The summed E-state index contributed by atoms with van der Waals surface area (Å²) in [6.07, 6.45) is 7.75. The quantitative estimate of drug-likeness (QED) is 0.740. The van der Waals surface area contributed by atoms with E-state index in [9.17, 15) is 9.18 Å². The molecule has 1 heterocycles. The fraction of sp³-hybridized carbons (Fsp3) is 0.438. The number of nitrogens with zero attached hydrogens (tertiary/aromatic N) is 1. The van der Waals surface area contributed by atoms with Gasteiger partial charge in [0.1, 0.15) is 5.82 Å². The van der Waals surface area contributed by atoms with E-state index in [-0.39, 0.29) is 23.7 Å². The largest absolute Gasteiger partial charge is 0.335 e. The Morgan fingerprint density at radius 3 is 2.70 bits per heavy atom. The molecule has 1 aromatic carbocycles. The first-order valence-electron chi connectivity index (χ1n) is 7.06. The molecule has 3 rings (SSSR count). The number of benzene rings is 1. The van der Waals surface area contributed by atoms with Crippen molar-refractivity contribution < 1.29 is 9.18 Å². The van der Waals surface area contributed by atoms with Gasteiger partial charge in [-0.3, -0.25) is 4.79 Å². The maximum atomic E-state index is 13.6. The van der Waals surface area contributed by atoms with Crippen LogP contribution < -0.4 is 0 Å². The van der Waals surface area contributed by atoms with Crippen LogP contribution in [0.4, 0.5) is 4.39 Å². The van der Waals surface area contributed by atoms with E-state index < -0.39 is 0 Å². The van der Waals surface area contributed by atoms with Gasteiger partial charge >= 0.3 is 0 Å². The third-order valence-corrected chi connectivity index (χ3v) is 4.62. The molecule has 1 aliphatic carbocycles. The molecule has 0 aromatic heterocycles. The van der Waals surface area contributed by atoms with Crippen LogP contribution in [0.3, 0.4) is 0 Å². The molecule has 0 spiro atoms. The van der Waals surface area contributed by atoms with Gasteiger partial charge in [-0.2, -0.15) is 0 Å².